The molecule has 1 aromatic carbocycles. The Morgan fingerprint density at radius 2 is 2.00 bits per heavy atom. The third-order valence-electron chi connectivity index (χ3n) is 3.82. The molecular weight excluding hydrogens is 227 g/mol. The average molecular weight is 244 g/mol. The van der Waals surface area contributed by atoms with Crippen molar-refractivity contribution in [3.05, 3.63) is 36.3 Å². The zero-order chi connectivity index (χ0) is 12.5. The van der Waals surface area contributed by atoms with E-state index in [9.17, 15) is 4.39 Å². The van der Waals surface area contributed by atoms with Crippen molar-refractivity contribution < 1.29 is 4.39 Å². The van der Waals surface area contributed by atoms with Gasteiger partial charge < -0.3 is 4.90 Å². The fourth-order valence-electron chi connectivity index (χ4n) is 2.65. The summed E-state index contributed by atoms with van der Waals surface area (Å²) in [6.45, 7) is 4.40. The van der Waals surface area contributed by atoms with Gasteiger partial charge in [-0.05, 0) is 43.0 Å². The molecule has 0 N–H and O–H groups in total. The second-order valence-electron chi connectivity index (χ2n) is 5.14. The Balaban J connectivity index is 2.04. The highest BCUT2D eigenvalue weighted by atomic mass is 19.1. The number of anilines is 1. The van der Waals surface area contributed by atoms with Crippen LogP contribution in [0.3, 0.4) is 0 Å². The molecule has 0 aliphatic carbocycles. The van der Waals surface area contributed by atoms with E-state index in [1.807, 2.05) is 18.2 Å². The number of hydrogen-bond acceptors (Lipinski definition) is 2. The Bertz CT molecular complexity index is 559. The first-order chi connectivity index (χ1) is 8.75. The van der Waals surface area contributed by atoms with E-state index in [1.54, 1.807) is 6.20 Å². The number of rotatable bonds is 1. The van der Waals surface area contributed by atoms with Crippen molar-refractivity contribution in [3.8, 4) is 0 Å². The predicted octanol–water partition coefficient (Wildman–Crippen LogP) is 3.61. The van der Waals surface area contributed by atoms with Crippen molar-refractivity contribution in [2.75, 3.05) is 18.0 Å². The minimum atomic E-state index is -0.236. The van der Waals surface area contributed by atoms with Crippen molar-refractivity contribution in [1.82, 2.24) is 4.98 Å². The Hall–Kier alpha value is -1.64. The van der Waals surface area contributed by atoms with Crippen molar-refractivity contribution in [1.29, 1.82) is 0 Å². The fourth-order valence-corrected chi connectivity index (χ4v) is 2.65. The number of hydrogen-bond donors (Lipinski definition) is 0. The van der Waals surface area contributed by atoms with Gasteiger partial charge >= 0.3 is 0 Å². The lowest BCUT2D eigenvalue weighted by atomic mass is 9.98. The lowest BCUT2D eigenvalue weighted by Crippen LogP contribution is -2.32. The Morgan fingerprint density at radius 1 is 1.22 bits per heavy atom. The first-order valence-electron chi connectivity index (χ1n) is 6.54. The maximum absolute atomic E-state index is 13.7. The predicted molar refractivity (Wildman–Crippen MR) is 72.3 cm³/mol. The molecule has 3 heteroatoms. The number of halogens is 1. The minimum Gasteiger partial charge on any atom is -0.371 e. The number of nitrogens with zero attached hydrogens (tertiary/aromatic N) is 2. The van der Waals surface area contributed by atoms with E-state index in [2.05, 4.69) is 16.8 Å². The van der Waals surface area contributed by atoms with Crippen LogP contribution in [0, 0.1) is 11.7 Å². The standard InChI is InChI=1S/C15H17FN2/c1-11-6-9-18(10-7-11)14-5-4-13(16)15-12(14)3-2-8-17-15/h2-5,8,11H,6-7,9-10H2,1H3. The van der Waals surface area contributed by atoms with Crippen LogP contribution in [-0.2, 0) is 0 Å². The molecule has 0 atom stereocenters. The lowest BCUT2D eigenvalue weighted by molar-refractivity contribution is 0.439. The normalized spacial score (nSPS) is 17.3. The third kappa shape index (κ3) is 1.94. The van der Waals surface area contributed by atoms with E-state index in [1.165, 1.54) is 18.9 Å². The molecule has 1 fully saturated rings. The minimum absolute atomic E-state index is 0.236. The second-order valence-corrected chi connectivity index (χ2v) is 5.14. The third-order valence-corrected chi connectivity index (χ3v) is 3.82. The first-order valence-corrected chi connectivity index (χ1v) is 6.54. The summed E-state index contributed by atoms with van der Waals surface area (Å²) in [7, 11) is 0. The molecular formula is C15H17FN2. The summed E-state index contributed by atoms with van der Waals surface area (Å²) in [4.78, 5) is 6.50. The molecule has 0 bridgehead atoms. The van der Waals surface area contributed by atoms with Gasteiger partial charge in [-0.25, -0.2) is 4.39 Å². The summed E-state index contributed by atoms with van der Waals surface area (Å²) in [5, 5.41) is 0.923. The molecule has 2 aromatic rings. The van der Waals surface area contributed by atoms with E-state index in [-0.39, 0.29) is 5.82 Å². The fraction of sp³-hybridized carbons (Fsp3) is 0.400. The first kappa shape index (κ1) is 11.5. The molecule has 2 heterocycles. The molecule has 1 aliphatic heterocycles. The van der Waals surface area contributed by atoms with E-state index < -0.39 is 0 Å². The van der Waals surface area contributed by atoms with Crippen LogP contribution in [0.4, 0.5) is 10.1 Å². The zero-order valence-electron chi connectivity index (χ0n) is 10.6. The van der Waals surface area contributed by atoms with E-state index in [0.29, 0.717) is 5.52 Å². The molecule has 18 heavy (non-hydrogen) atoms. The number of piperidine rings is 1. The molecule has 1 aliphatic rings. The van der Waals surface area contributed by atoms with Crippen molar-refractivity contribution in [2.24, 2.45) is 5.92 Å². The smallest absolute Gasteiger partial charge is 0.149 e. The van der Waals surface area contributed by atoms with Crippen LogP contribution in [0.1, 0.15) is 19.8 Å². The van der Waals surface area contributed by atoms with Crippen LogP contribution in [-0.4, -0.2) is 18.1 Å². The number of pyridine rings is 1. The van der Waals surface area contributed by atoms with Gasteiger partial charge in [0, 0.05) is 30.4 Å². The van der Waals surface area contributed by atoms with E-state index >= 15 is 0 Å². The highest BCUT2D eigenvalue weighted by Crippen LogP contribution is 2.30. The summed E-state index contributed by atoms with van der Waals surface area (Å²) in [6.07, 6.45) is 4.06. The molecule has 1 aromatic heterocycles. The number of benzene rings is 1. The molecule has 0 radical (unpaired) electrons. The second kappa shape index (κ2) is 4.56. The molecule has 0 spiro atoms. The van der Waals surface area contributed by atoms with E-state index in [0.717, 1.165) is 30.1 Å². The number of fused-ring (bicyclic) bond motifs is 1. The van der Waals surface area contributed by atoms with E-state index in [4.69, 9.17) is 0 Å². The lowest BCUT2D eigenvalue weighted by Gasteiger charge is -2.32. The van der Waals surface area contributed by atoms with Gasteiger partial charge in [0.1, 0.15) is 11.3 Å². The van der Waals surface area contributed by atoms with Gasteiger partial charge in [-0.1, -0.05) is 6.92 Å². The van der Waals surface area contributed by atoms with Gasteiger partial charge in [-0.15, -0.1) is 0 Å². The molecule has 2 nitrogen and oxygen atoms in total. The van der Waals surface area contributed by atoms with Crippen LogP contribution in [0.25, 0.3) is 10.9 Å². The number of aromatic nitrogens is 1. The van der Waals surface area contributed by atoms with Crippen LogP contribution < -0.4 is 4.90 Å². The summed E-state index contributed by atoms with van der Waals surface area (Å²) in [6, 6.07) is 7.24. The van der Waals surface area contributed by atoms with Crippen LogP contribution >= 0.6 is 0 Å². The highest BCUT2D eigenvalue weighted by molar-refractivity contribution is 5.92. The Morgan fingerprint density at radius 3 is 2.78 bits per heavy atom. The maximum Gasteiger partial charge on any atom is 0.149 e. The van der Waals surface area contributed by atoms with Gasteiger partial charge in [-0.3, -0.25) is 4.98 Å². The molecule has 0 unspecified atom stereocenters. The largest absolute Gasteiger partial charge is 0.371 e. The Labute approximate surface area is 106 Å². The highest BCUT2D eigenvalue weighted by Gasteiger charge is 2.18. The zero-order valence-corrected chi connectivity index (χ0v) is 10.6. The monoisotopic (exact) mass is 244 g/mol. The molecule has 0 saturated carbocycles. The molecule has 3 rings (SSSR count). The Kier molecular flexibility index (Phi) is 2.90. The van der Waals surface area contributed by atoms with Crippen LogP contribution in [0.5, 0.6) is 0 Å². The SMILES string of the molecule is CC1CCN(c2ccc(F)c3ncccc23)CC1. The van der Waals surface area contributed by atoms with Crippen LogP contribution in [0.2, 0.25) is 0 Å². The van der Waals surface area contributed by atoms with Gasteiger partial charge in [0.2, 0.25) is 0 Å². The quantitative estimate of drug-likeness (QED) is 0.761. The van der Waals surface area contributed by atoms with Crippen LogP contribution in [0.15, 0.2) is 30.5 Å². The topological polar surface area (TPSA) is 16.1 Å². The molecule has 1 saturated heterocycles. The van der Waals surface area contributed by atoms with Gasteiger partial charge in [0.15, 0.2) is 0 Å². The molecule has 94 valence electrons. The van der Waals surface area contributed by atoms with Crippen molar-refractivity contribution in [3.63, 3.8) is 0 Å². The van der Waals surface area contributed by atoms with Gasteiger partial charge in [-0.2, -0.15) is 0 Å². The van der Waals surface area contributed by atoms with Crippen molar-refractivity contribution >= 4 is 16.6 Å². The summed E-state index contributed by atoms with van der Waals surface area (Å²) >= 11 is 0. The maximum atomic E-state index is 13.7. The molecule has 0 amide bonds. The summed E-state index contributed by atoms with van der Waals surface area (Å²) in [5.74, 6) is 0.561. The van der Waals surface area contributed by atoms with Gasteiger partial charge in [0.25, 0.3) is 0 Å². The van der Waals surface area contributed by atoms with Gasteiger partial charge in [0.05, 0.1) is 0 Å². The van der Waals surface area contributed by atoms with Crippen molar-refractivity contribution in [2.45, 2.75) is 19.8 Å². The summed E-state index contributed by atoms with van der Waals surface area (Å²) in [5.41, 5.74) is 1.60. The summed E-state index contributed by atoms with van der Waals surface area (Å²) < 4.78 is 13.7. The average Bonchev–Trinajstić information content (AvgIpc) is 2.41.